The zero-order valence-corrected chi connectivity index (χ0v) is 22.6. The summed E-state index contributed by atoms with van der Waals surface area (Å²) in [6.45, 7) is -0.307. The molecule has 0 aromatic carbocycles. The van der Waals surface area contributed by atoms with E-state index >= 15 is 0 Å². The summed E-state index contributed by atoms with van der Waals surface area (Å²) in [6.07, 6.45) is 0.768. The van der Waals surface area contributed by atoms with Crippen LogP contribution in [0.4, 0.5) is 0 Å². The van der Waals surface area contributed by atoms with Crippen molar-refractivity contribution in [3.05, 3.63) is 0 Å². The van der Waals surface area contributed by atoms with Crippen molar-refractivity contribution in [2.24, 2.45) is 17.2 Å². The van der Waals surface area contributed by atoms with Crippen LogP contribution in [0.25, 0.3) is 0 Å². The monoisotopic (exact) mass is 582 g/mol. The van der Waals surface area contributed by atoms with E-state index in [-0.39, 0.29) is 45.2 Å². The molecule has 2 aliphatic heterocycles. The fourth-order valence-corrected chi connectivity index (χ4v) is 4.82. The van der Waals surface area contributed by atoms with Gasteiger partial charge in [0.2, 0.25) is 41.4 Å². The van der Waals surface area contributed by atoms with E-state index in [0.717, 1.165) is 0 Å². The Morgan fingerprint density at radius 1 is 0.756 bits per heavy atom. The zero-order valence-electron chi connectivity index (χ0n) is 22.6. The number of carbonyl (C=O) groups excluding carboxylic acids is 7. The molecule has 0 radical (unpaired) electrons. The van der Waals surface area contributed by atoms with Crippen molar-refractivity contribution in [1.29, 1.82) is 0 Å². The van der Waals surface area contributed by atoms with Crippen molar-refractivity contribution in [2.45, 2.75) is 75.5 Å². The van der Waals surface area contributed by atoms with Gasteiger partial charge in [-0.15, -0.1) is 0 Å². The van der Waals surface area contributed by atoms with E-state index in [1.54, 1.807) is 0 Å². The lowest BCUT2D eigenvalue weighted by molar-refractivity contribution is -0.144. The number of rotatable bonds is 15. The highest BCUT2D eigenvalue weighted by Gasteiger charge is 2.37. The molecule has 2 heterocycles. The molecule has 4 atom stereocenters. The molecule has 10 N–H and O–H groups in total. The Kier molecular flexibility index (Phi) is 12.4. The zero-order chi connectivity index (χ0) is 30.7. The lowest BCUT2D eigenvalue weighted by Gasteiger charge is -2.27. The molecular weight excluding hydrogens is 544 g/mol. The van der Waals surface area contributed by atoms with Gasteiger partial charge < -0.3 is 48.1 Å². The summed E-state index contributed by atoms with van der Waals surface area (Å²) in [5, 5.41) is 16.6. The van der Waals surface area contributed by atoms with E-state index in [9.17, 15) is 43.5 Å². The number of nitrogens with one attached hydrogen (secondary N) is 3. The predicted molar refractivity (Wildman–Crippen MR) is 140 cm³/mol. The number of primary amides is 2. The second-order valence-corrected chi connectivity index (χ2v) is 9.88. The van der Waals surface area contributed by atoms with Crippen molar-refractivity contribution in [3.63, 3.8) is 0 Å². The summed E-state index contributed by atoms with van der Waals surface area (Å²) < 4.78 is 0. The highest BCUT2D eigenvalue weighted by molar-refractivity contribution is 5.95. The second-order valence-electron chi connectivity index (χ2n) is 9.88. The normalized spacial score (nSPS) is 19.6. The SMILES string of the molecule is NCC(=O)N1CCCC1C(=O)NC(CCC(N)=O)C(=O)NCC(=O)N1CCCC1C(=O)NC(CCC(N)=O)C(=O)O. The van der Waals surface area contributed by atoms with Crippen LogP contribution in [0.1, 0.15) is 51.4 Å². The second kappa shape index (κ2) is 15.5. The van der Waals surface area contributed by atoms with Gasteiger partial charge in [0.1, 0.15) is 24.2 Å². The Balaban J connectivity index is 2.01. The lowest BCUT2D eigenvalue weighted by atomic mass is 10.1. The Morgan fingerprint density at radius 2 is 1.22 bits per heavy atom. The Bertz CT molecular complexity index is 1050. The standard InChI is InChI=1S/C24H38N8O9/c25-11-19(35)31-9-1-3-15(31)22(38)29-13(5-7-17(26)33)21(37)28-12-20(36)32-10-2-4-16(32)23(39)30-14(24(40)41)6-8-18(27)34/h13-16H,1-12,25H2,(H2,26,33)(H2,27,34)(H,28,37)(H,29,38)(H,30,39)(H,40,41). The third-order valence-electron chi connectivity index (χ3n) is 6.95. The fraction of sp³-hybridized carbons (Fsp3) is 0.667. The minimum absolute atomic E-state index is 0.157. The van der Waals surface area contributed by atoms with Gasteiger partial charge in [-0.1, -0.05) is 0 Å². The number of hydrogen-bond acceptors (Lipinski definition) is 9. The molecule has 0 saturated carbocycles. The smallest absolute Gasteiger partial charge is 0.326 e. The Morgan fingerprint density at radius 3 is 1.68 bits per heavy atom. The Labute approximate surface area is 235 Å². The maximum absolute atomic E-state index is 12.9. The van der Waals surface area contributed by atoms with Crippen LogP contribution < -0.4 is 33.2 Å². The predicted octanol–water partition coefficient (Wildman–Crippen LogP) is -4.37. The first-order valence-corrected chi connectivity index (χ1v) is 13.3. The van der Waals surface area contributed by atoms with Crippen LogP contribution in [-0.2, 0) is 38.4 Å². The quantitative estimate of drug-likeness (QED) is 0.0973. The summed E-state index contributed by atoms with van der Waals surface area (Å²) in [7, 11) is 0. The van der Waals surface area contributed by atoms with Gasteiger partial charge in [-0.25, -0.2) is 4.79 Å². The van der Waals surface area contributed by atoms with E-state index in [2.05, 4.69) is 16.0 Å². The highest BCUT2D eigenvalue weighted by Crippen LogP contribution is 2.19. The molecule has 0 aromatic rings. The van der Waals surface area contributed by atoms with Crippen molar-refractivity contribution in [2.75, 3.05) is 26.2 Å². The number of amides is 7. The number of carbonyl (C=O) groups is 8. The summed E-state index contributed by atoms with van der Waals surface area (Å²) >= 11 is 0. The summed E-state index contributed by atoms with van der Waals surface area (Å²) in [4.78, 5) is 99.9. The largest absolute Gasteiger partial charge is 0.480 e. The third kappa shape index (κ3) is 9.70. The van der Waals surface area contributed by atoms with E-state index < -0.39 is 78.0 Å². The van der Waals surface area contributed by atoms with Gasteiger partial charge in [-0.3, -0.25) is 33.6 Å². The highest BCUT2D eigenvalue weighted by atomic mass is 16.4. The molecule has 2 rings (SSSR count). The van der Waals surface area contributed by atoms with Crippen LogP contribution in [0.2, 0.25) is 0 Å². The van der Waals surface area contributed by atoms with E-state index in [4.69, 9.17) is 17.2 Å². The number of nitrogens with two attached hydrogens (primary N) is 3. The van der Waals surface area contributed by atoms with Gasteiger partial charge in [0, 0.05) is 25.9 Å². The van der Waals surface area contributed by atoms with Gasteiger partial charge in [0.25, 0.3) is 0 Å². The van der Waals surface area contributed by atoms with Crippen LogP contribution in [0.15, 0.2) is 0 Å². The first-order valence-electron chi connectivity index (χ1n) is 13.3. The number of likely N-dealkylation sites (tertiary alicyclic amines) is 2. The average molecular weight is 583 g/mol. The number of carboxylic acid groups (broad SMARTS) is 1. The van der Waals surface area contributed by atoms with Crippen LogP contribution in [0.5, 0.6) is 0 Å². The maximum Gasteiger partial charge on any atom is 0.326 e. The number of aliphatic carboxylic acids is 1. The van der Waals surface area contributed by atoms with Gasteiger partial charge in [-0.2, -0.15) is 0 Å². The minimum atomic E-state index is -1.38. The molecule has 17 heteroatoms. The molecular formula is C24H38N8O9. The molecule has 0 bridgehead atoms. The topological polar surface area (TPSA) is 277 Å². The van der Waals surface area contributed by atoms with Crippen molar-refractivity contribution in [3.8, 4) is 0 Å². The van der Waals surface area contributed by atoms with Crippen molar-refractivity contribution < 1.29 is 43.5 Å². The molecule has 2 fully saturated rings. The fourth-order valence-electron chi connectivity index (χ4n) is 4.82. The van der Waals surface area contributed by atoms with Gasteiger partial charge in [0.05, 0.1) is 13.1 Å². The van der Waals surface area contributed by atoms with Gasteiger partial charge >= 0.3 is 5.97 Å². The molecule has 2 saturated heterocycles. The van der Waals surface area contributed by atoms with E-state index in [0.29, 0.717) is 25.8 Å². The molecule has 0 spiro atoms. The number of carboxylic acids is 1. The molecule has 7 amide bonds. The molecule has 41 heavy (non-hydrogen) atoms. The molecule has 4 unspecified atom stereocenters. The summed E-state index contributed by atoms with van der Waals surface area (Å²) in [5.41, 5.74) is 15.7. The maximum atomic E-state index is 12.9. The average Bonchev–Trinajstić information content (AvgIpc) is 3.61. The lowest BCUT2D eigenvalue weighted by Crippen LogP contribution is -2.55. The van der Waals surface area contributed by atoms with E-state index in [1.165, 1.54) is 9.80 Å². The Hall–Kier alpha value is -4.28. The van der Waals surface area contributed by atoms with Crippen LogP contribution in [-0.4, -0.2) is 113 Å². The third-order valence-corrected chi connectivity index (χ3v) is 6.95. The molecule has 0 aromatic heterocycles. The minimum Gasteiger partial charge on any atom is -0.480 e. The van der Waals surface area contributed by atoms with Gasteiger partial charge in [0.15, 0.2) is 0 Å². The van der Waals surface area contributed by atoms with Crippen LogP contribution >= 0.6 is 0 Å². The number of nitrogens with zero attached hydrogens (tertiary/aromatic N) is 2. The molecule has 0 aliphatic carbocycles. The molecule has 228 valence electrons. The van der Waals surface area contributed by atoms with Crippen LogP contribution in [0, 0.1) is 0 Å². The van der Waals surface area contributed by atoms with Crippen LogP contribution in [0.3, 0.4) is 0 Å². The van der Waals surface area contributed by atoms with Crippen molar-refractivity contribution in [1.82, 2.24) is 25.8 Å². The summed E-state index contributed by atoms with van der Waals surface area (Å²) in [6, 6.07) is -4.44. The van der Waals surface area contributed by atoms with Gasteiger partial charge in [-0.05, 0) is 38.5 Å². The molecule has 2 aliphatic rings. The first kappa shape index (κ1) is 32.9. The molecule has 17 nitrogen and oxygen atoms in total. The first-order chi connectivity index (χ1) is 19.3. The van der Waals surface area contributed by atoms with E-state index in [1.807, 2.05) is 0 Å². The van der Waals surface area contributed by atoms with Crippen molar-refractivity contribution >= 4 is 47.3 Å². The number of hydrogen-bond donors (Lipinski definition) is 7. The summed E-state index contributed by atoms with van der Waals surface area (Å²) in [5.74, 6) is -5.96.